The van der Waals surface area contributed by atoms with Crippen LogP contribution in [0.2, 0.25) is 0 Å². The summed E-state index contributed by atoms with van der Waals surface area (Å²) in [7, 11) is 1.51. The number of nitrogens with one attached hydrogen (secondary N) is 1. The van der Waals surface area contributed by atoms with E-state index in [0.717, 1.165) is 6.54 Å². The molecular weight excluding hydrogens is 793 g/mol. The summed E-state index contributed by atoms with van der Waals surface area (Å²) in [6.45, 7) is 21.4. The highest BCUT2D eigenvalue weighted by atomic mass is 16.7. The number of fused-ring (bicyclic) bond motifs is 9. The van der Waals surface area contributed by atoms with Crippen LogP contribution in [0.25, 0.3) is 10.8 Å². The number of hydrogen-bond donors (Lipinski definition) is 4. The van der Waals surface area contributed by atoms with Crippen LogP contribution >= 0.6 is 0 Å². The molecule has 2 aromatic carbocycles. The van der Waals surface area contributed by atoms with E-state index in [1.165, 1.54) is 20.3 Å². The van der Waals surface area contributed by atoms with Crippen molar-refractivity contribution in [1.82, 2.24) is 4.90 Å². The number of ketones is 1. The molecule has 0 aliphatic carbocycles. The van der Waals surface area contributed by atoms with Crippen molar-refractivity contribution in [2.75, 3.05) is 32.1 Å². The number of rotatable bonds is 3. The van der Waals surface area contributed by atoms with Crippen LogP contribution in [0.3, 0.4) is 0 Å². The third kappa shape index (κ3) is 7.80. The molecule has 0 saturated carbocycles. The zero-order valence-electron chi connectivity index (χ0n) is 37.7. The fourth-order valence-electron chi connectivity index (χ4n) is 9.88. The molecule has 9 atom stereocenters. The third-order valence-corrected chi connectivity index (χ3v) is 13.4. The highest BCUT2D eigenvalue weighted by Crippen LogP contribution is 2.50. The van der Waals surface area contributed by atoms with Gasteiger partial charge in [0, 0.05) is 79.8 Å². The Morgan fingerprint density at radius 1 is 0.968 bits per heavy atom. The summed E-state index contributed by atoms with van der Waals surface area (Å²) in [4.78, 5) is 41.6. The van der Waals surface area contributed by atoms with E-state index in [2.05, 4.69) is 30.0 Å². The second-order valence-corrected chi connectivity index (χ2v) is 18.8. The average molecular weight is 855 g/mol. The maximum absolute atomic E-state index is 14.8. The van der Waals surface area contributed by atoms with Gasteiger partial charge in [-0.1, -0.05) is 59.8 Å². The fourth-order valence-corrected chi connectivity index (χ4v) is 9.88. The second-order valence-electron chi connectivity index (χ2n) is 18.8. The van der Waals surface area contributed by atoms with Gasteiger partial charge in [0.2, 0.25) is 0 Å². The van der Waals surface area contributed by atoms with E-state index in [1.807, 2.05) is 47.6 Å². The maximum atomic E-state index is 14.8. The SMILES string of the molecule is C#C[C@@]12O/C=C/[C@H](OC)[C@@H](C)[C@@H](O)[C@H](C)[C@@H]3OC(C)(C)O[C@H]([C@H]3C)[C@@H](C)/C=C/C=C(/C)C(=O)Nc3c(O)c4c(O)c(C)c(c(c4c4c3=NC3(CCN(CC(C)C)CC3)N=4)C1=O)O2. The van der Waals surface area contributed by atoms with Crippen LogP contribution < -0.4 is 20.8 Å². The number of carbonyl (C=O) groups excluding carboxylic acids is 2. The molecule has 62 heavy (non-hydrogen) atoms. The Labute approximate surface area is 363 Å². The molecule has 0 radical (unpaired) electrons. The molecule has 1 spiro atoms. The Balaban J connectivity index is 1.41. The number of Topliss-reactive ketones (excluding diaryl/α,β-unsaturated/α-hetero) is 1. The second kappa shape index (κ2) is 16.7. The Kier molecular flexibility index (Phi) is 12.2. The van der Waals surface area contributed by atoms with Crippen molar-refractivity contribution in [1.29, 1.82) is 0 Å². The van der Waals surface area contributed by atoms with Crippen LogP contribution in [-0.2, 0) is 23.7 Å². The molecule has 14 nitrogen and oxygen atoms in total. The minimum atomic E-state index is -2.32. The minimum Gasteiger partial charge on any atom is -0.507 e. The predicted octanol–water partition coefficient (Wildman–Crippen LogP) is 5.59. The first-order valence-corrected chi connectivity index (χ1v) is 21.7. The smallest absolute Gasteiger partial charge is 0.383 e. The summed E-state index contributed by atoms with van der Waals surface area (Å²) in [5.41, 5.74) is -0.620. The molecule has 6 aliphatic heterocycles. The van der Waals surface area contributed by atoms with E-state index >= 15 is 0 Å². The number of anilines is 1. The van der Waals surface area contributed by atoms with Crippen molar-refractivity contribution in [3.63, 3.8) is 0 Å². The number of hydrogen-bond acceptors (Lipinski definition) is 13. The molecule has 7 bridgehead atoms. The van der Waals surface area contributed by atoms with Crippen molar-refractivity contribution in [3.05, 3.63) is 58.0 Å². The number of aliphatic hydroxyl groups is 1. The maximum Gasteiger partial charge on any atom is 0.383 e. The van der Waals surface area contributed by atoms with Gasteiger partial charge in [0.25, 0.3) is 11.7 Å². The number of nitrogens with zero attached hydrogens (tertiary/aromatic N) is 3. The number of allylic oxidation sites excluding steroid dienone is 2. The number of terminal acetylenes is 1. The molecule has 6 aliphatic rings. The van der Waals surface area contributed by atoms with Crippen LogP contribution in [0.4, 0.5) is 5.69 Å². The van der Waals surface area contributed by atoms with Crippen LogP contribution in [0.5, 0.6) is 17.2 Å². The lowest BCUT2D eigenvalue weighted by Gasteiger charge is -2.49. The number of benzene rings is 2. The Bertz CT molecular complexity index is 2410. The zero-order chi connectivity index (χ0) is 45.2. The van der Waals surface area contributed by atoms with Gasteiger partial charge in [0.1, 0.15) is 22.5 Å². The first kappa shape index (κ1) is 45.3. The van der Waals surface area contributed by atoms with Gasteiger partial charge in [0.05, 0.1) is 47.0 Å². The van der Waals surface area contributed by atoms with Crippen molar-refractivity contribution in [2.45, 2.75) is 124 Å². The van der Waals surface area contributed by atoms with Crippen LogP contribution in [0.1, 0.15) is 91.1 Å². The number of aliphatic hydroxyl groups excluding tert-OH is 1. The number of methoxy groups -OCH3 is 1. The largest absolute Gasteiger partial charge is 0.507 e. The van der Waals surface area contributed by atoms with E-state index in [0.29, 0.717) is 37.4 Å². The predicted molar refractivity (Wildman–Crippen MR) is 233 cm³/mol. The van der Waals surface area contributed by atoms with E-state index in [1.54, 1.807) is 25.2 Å². The Morgan fingerprint density at radius 3 is 2.27 bits per heavy atom. The number of phenolic OH excluding ortho intramolecular Hbond substituents is 2. The van der Waals surface area contributed by atoms with Crippen molar-refractivity contribution in [3.8, 4) is 29.6 Å². The summed E-state index contributed by atoms with van der Waals surface area (Å²) in [6, 6.07) is 0. The van der Waals surface area contributed by atoms with E-state index in [9.17, 15) is 24.9 Å². The molecular formula is C48H62N4O10. The molecule has 0 aromatic heterocycles. The molecule has 14 heteroatoms. The molecule has 2 fully saturated rings. The van der Waals surface area contributed by atoms with Gasteiger partial charge in [-0.2, -0.15) is 0 Å². The van der Waals surface area contributed by atoms with E-state index in [-0.39, 0.29) is 67.9 Å². The molecule has 4 N–H and O–H groups in total. The first-order valence-electron chi connectivity index (χ1n) is 21.7. The summed E-state index contributed by atoms with van der Waals surface area (Å²) < 4.78 is 31.1. The highest BCUT2D eigenvalue weighted by Gasteiger charge is 2.53. The van der Waals surface area contributed by atoms with Crippen molar-refractivity contribution < 1.29 is 48.6 Å². The zero-order valence-corrected chi connectivity index (χ0v) is 37.7. The number of phenols is 2. The molecule has 334 valence electrons. The number of aromatic hydroxyl groups is 2. The summed E-state index contributed by atoms with van der Waals surface area (Å²) in [6.07, 6.45) is 13.1. The van der Waals surface area contributed by atoms with Gasteiger partial charge in [-0.25, -0.2) is 0 Å². The Hall–Kier alpha value is -4.78. The lowest BCUT2D eigenvalue weighted by Crippen LogP contribution is -2.56. The normalized spacial score (nSPS) is 34.0. The van der Waals surface area contributed by atoms with Gasteiger partial charge >= 0.3 is 5.79 Å². The van der Waals surface area contributed by atoms with Gasteiger partial charge in [-0.3, -0.25) is 19.6 Å². The van der Waals surface area contributed by atoms with Gasteiger partial charge < -0.3 is 49.2 Å². The first-order chi connectivity index (χ1) is 29.2. The molecule has 1 amide bonds. The van der Waals surface area contributed by atoms with Crippen LogP contribution in [-0.4, -0.2) is 100 Å². The quantitative estimate of drug-likeness (QED) is 0.223. The lowest BCUT2D eigenvalue weighted by molar-refractivity contribution is -0.336. The van der Waals surface area contributed by atoms with E-state index < -0.39 is 64.7 Å². The van der Waals surface area contributed by atoms with Crippen molar-refractivity contribution >= 4 is 28.2 Å². The van der Waals surface area contributed by atoms with E-state index in [4.69, 9.17) is 40.1 Å². The van der Waals surface area contributed by atoms with Gasteiger partial charge in [-0.15, -0.1) is 6.42 Å². The van der Waals surface area contributed by atoms with Crippen LogP contribution in [0.15, 0.2) is 46.1 Å². The number of ether oxygens (including phenoxy) is 5. The Morgan fingerprint density at radius 2 is 1.63 bits per heavy atom. The van der Waals surface area contributed by atoms with Crippen molar-refractivity contribution in [2.24, 2.45) is 39.6 Å². The molecule has 0 unspecified atom stereocenters. The number of piperidine rings is 1. The molecule has 2 aromatic rings. The number of likely N-dealkylation sites (tertiary alicyclic amines) is 1. The lowest BCUT2D eigenvalue weighted by atomic mass is 9.77. The third-order valence-electron chi connectivity index (χ3n) is 13.4. The minimum absolute atomic E-state index is 0.0364. The molecule has 6 heterocycles. The summed E-state index contributed by atoms with van der Waals surface area (Å²) in [5.74, 6) is -3.77. The summed E-state index contributed by atoms with van der Waals surface area (Å²) in [5, 5.41) is 39.2. The molecule has 8 rings (SSSR count). The fraction of sp³-hybridized carbons (Fsp3) is 0.583. The number of amides is 1. The molecule has 2 saturated heterocycles. The number of carbonyl (C=O) groups is 2. The average Bonchev–Trinajstić information content (AvgIpc) is 3.74. The standard InChI is InChI=1S/C48H62N4O10/c1-13-48-44(56)34-32-33(39(54)29(8)43(34)62-48)40(55)37(36-35(32)50-47(51-36)18-20-52(21-19-47)23-24(2)3)49-45(57)26(5)16-14-15-25(4)41-30(9)42(61-46(10,11)60-41)28(7)38(53)27(6)31(58-12)17-22-59-48/h1,14-17,22,24-25,27-28,30-31,38,41-42,53-55H,18-21,23H2,2-12H3,(H,49,57)/b15-14+,22-17+,26-16-/t25-,27+,28-,30+,31-,38+,41-,42-,48-/m0/s1. The topological polar surface area (TPSA) is 181 Å². The van der Waals surface area contributed by atoms with Crippen LogP contribution in [0, 0.1) is 48.9 Å². The summed E-state index contributed by atoms with van der Waals surface area (Å²) >= 11 is 0. The van der Waals surface area contributed by atoms with Gasteiger partial charge in [0.15, 0.2) is 17.2 Å². The highest BCUT2D eigenvalue weighted by molar-refractivity contribution is 6.20. The van der Waals surface area contributed by atoms with Gasteiger partial charge in [-0.05, 0) is 45.6 Å². The monoisotopic (exact) mass is 854 g/mol.